The summed E-state index contributed by atoms with van der Waals surface area (Å²) in [5.41, 5.74) is 1.35. The zero-order valence-electron chi connectivity index (χ0n) is 13.5. The van der Waals surface area contributed by atoms with E-state index in [0.717, 1.165) is 24.8 Å². The summed E-state index contributed by atoms with van der Waals surface area (Å²) < 4.78 is 5.78. The summed E-state index contributed by atoms with van der Waals surface area (Å²) in [6.07, 6.45) is 2.91. The van der Waals surface area contributed by atoms with E-state index in [1.165, 1.54) is 31.5 Å². The largest absolute Gasteiger partial charge is 0.491 e. The highest BCUT2D eigenvalue weighted by atomic mass is 35.5. The number of rotatable bonds is 6. The fraction of sp³-hybridized carbons (Fsp3) is 0.647. The molecule has 1 heterocycles. The Kier molecular flexibility index (Phi) is 8.09. The Morgan fingerprint density at radius 2 is 2.19 bits per heavy atom. The van der Waals surface area contributed by atoms with Crippen molar-refractivity contribution in [2.75, 3.05) is 26.7 Å². The van der Waals surface area contributed by atoms with Crippen molar-refractivity contribution in [3.63, 3.8) is 0 Å². The van der Waals surface area contributed by atoms with E-state index in [9.17, 15) is 0 Å². The SMILES string of the molecule is CNCC1CCCN(Cc2cccc(OC(C)C)c2)C1.Cl. The number of ether oxygens (including phenoxy) is 1. The quantitative estimate of drug-likeness (QED) is 0.872. The maximum atomic E-state index is 5.78. The molecular weight excluding hydrogens is 284 g/mol. The Bertz CT molecular complexity index is 410. The second-order valence-corrected chi connectivity index (χ2v) is 6.12. The number of halogens is 1. The van der Waals surface area contributed by atoms with Gasteiger partial charge in [0.25, 0.3) is 0 Å². The van der Waals surface area contributed by atoms with E-state index in [0.29, 0.717) is 0 Å². The molecule has 1 unspecified atom stereocenters. The van der Waals surface area contributed by atoms with Gasteiger partial charge in [0, 0.05) is 13.1 Å². The summed E-state index contributed by atoms with van der Waals surface area (Å²) in [7, 11) is 2.05. The minimum atomic E-state index is 0. The third-order valence-electron chi connectivity index (χ3n) is 3.77. The molecule has 1 fully saturated rings. The number of likely N-dealkylation sites (tertiary alicyclic amines) is 1. The average molecular weight is 313 g/mol. The second-order valence-electron chi connectivity index (χ2n) is 6.12. The van der Waals surface area contributed by atoms with Crippen molar-refractivity contribution in [1.29, 1.82) is 0 Å². The first-order valence-electron chi connectivity index (χ1n) is 7.80. The molecule has 0 bridgehead atoms. The van der Waals surface area contributed by atoms with Crippen LogP contribution in [0.3, 0.4) is 0 Å². The normalized spacial score (nSPS) is 19.3. The molecule has 0 radical (unpaired) electrons. The van der Waals surface area contributed by atoms with E-state index < -0.39 is 0 Å². The molecule has 21 heavy (non-hydrogen) atoms. The molecule has 0 amide bonds. The molecule has 1 N–H and O–H groups in total. The fourth-order valence-corrected chi connectivity index (χ4v) is 3.00. The van der Waals surface area contributed by atoms with Crippen LogP contribution < -0.4 is 10.1 Å². The minimum Gasteiger partial charge on any atom is -0.491 e. The maximum absolute atomic E-state index is 5.78. The third-order valence-corrected chi connectivity index (χ3v) is 3.77. The molecule has 0 aromatic heterocycles. The van der Waals surface area contributed by atoms with Crippen molar-refractivity contribution in [2.24, 2.45) is 5.92 Å². The van der Waals surface area contributed by atoms with Crippen LogP contribution >= 0.6 is 12.4 Å². The van der Waals surface area contributed by atoms with E-state index in [4.69, 9.17) is 4.74 Å². The molecule has 1 atom stereocenters. The van der Waals surface area contributed by atoms with Crippen LogP contribution in [0, 0.1) is 5.92 Å². The third kappa shape index (κ3) is 6.25. The monoisotopic (exact) mass is 312 g/mol. The lowest BCUT2D eigenvalue weighted by Crippen LogP contribution is -2.38. The van der Waals surface area contributed by atoms with Crippen molar-refractivity contribution >= 4 is 12.4 Å². The summed E-state index contributed by atoms with van der Waals surface area (Å²) in [4.78, 5) is 2.57. The summed E-state index contributed by atoms with van der Waals surface area (Å²) >= 11 is 0. The van der Waals surface area contributed by atoms with Crippen LogP contribution in [0.4, 0.5) is 0 Å². The van der Waals surface area contributed by atoms with E-state index in [2.05, 4.69) is 42.3 Å². The molecule has 3 nitrogen and oxygen atoms in total. The van der Waals surface area contributed by atoms with Crippen molar-refractivity contribution in [1.82, 2.24) is 10.2 Å². The molecule has 1 aliphatic heterocycles. The number of hydrogen-bond donors (Lipinski definition) is 1. The Morgan fingerprint density at radius 3 is 2.90 bits per heavy atom. The Morgan fingerprint density at radius 1 is 1.38 bits per heavy atom. The van der Waals surface area contributed by atoms with Crippen LogP contribution in [0.1, 0.15) is 32.3 Å². The molecule has 1 aliphatic rings. The van der Waals surface area contributed by atoms with Crippen LogP contribution in [-0.4, -0.2) is 37.7 Å². The second kappa shape index (κ2) is 9.29. The van der Waals surface area contributed by atoms with Crippen molar-refractivity contribution in [2.45, 2.75) is 39.3 Å². The number of hydrogen-bond acceptors (Lipinski definition) is 3. The van der Waals surface area contributed by atoms with Gasteiger partial charge in [-0.05, 0) is 70.4 Å². The molecule has 2 rings (SSSR count). The van der Waals surface area contributed by atoms with Gasteiger partial charge in [0.05, 0.1) is 6.10 Å². The van der Waals surface area contributed by atoms with E-state index >= 15 is 0 Å². The van der Waals surface area contributed by atoms with Gasteiger partial charge in [0.2, 0.25) is 0 Å². The molecule has 0 saturated carbocycles. The first-order valence-corrected chi connectivity index (χ1v) is 7.80. The molecule has 120 valence electrons. The molecule has 0 aliphatic carbocycles. The number of nitrogens with zero attached hydrogens (tertiary/aromatic N) is 1. The van der Waals surface area contributed by atoms with Gasteiger partial charge >= 0.3 is 0 Å². The maximum Gasteiger partial charge on any atom is 0.120 e. The molecule has 1 aromatic carbocycles. The smallest absolute Gasteiger partial charge is 0.120 e. The summed E-state index contributed by atoms with van der Waals surface area (Å²) in [5.74, 6) is 1.78. The van der Waals surface area contributed by atoms with Crippen LogP contribution in [0.25, 0.3) is 0 Å². The Balaban J connectivity index is 0.00000220. The van der Waals surface area contributed by atoms with Crippen LogP contribution in [0.5, 0.6) is 5.75 Å². The van der Waals surface area contributed by atoms with Gasteiger partial charge in [-0.3, -0.25) is 4.90 Å². The molecule has 1 aromatic rings. The van der Waals surface area contributed by atoms with Crippen LogP contribution in [0.2, 0.25) is 0 Å². The topological polar surface area (TPSA) is 24.5 Å². The van der Waals surface area contributed by atoms with Gasteiger partial charge in [-0.15, -0.1) is 12.4 Å². The van der Waals surface area contributed by atoms with Gasteiger partial charge < -0.3 is 10.1 Å². The minimum absolute atomic E-state index is 0. The van der Waals surface area contributed by atoms with Gasteiger partial charge in [0.1, 0.15) is 5.75 Å². The zero-order valence-corrected chi connectivity index (χ0v) is 14.3. The Labute approximate surface area is 135 Å². The molecule has 4 heteroatoms. The van der Waals surface area contributed by atoms with E-state index in [1.807, 2.05) is 13.1 Å². The van der Waals surface area contributed by atoms with Gasteiger partial charge in [-0.1, -0.05) is 12.1 Å². The zero-order chi connectivity index (χ0) is 14.4. The standard InChI is InChI=1S/C17H28N2O.ClH/c1-14(2)20-17-8-4-6-15(10-17)12-19-9-5-7-16(13-19)11-18-3;/h4,6,8,10,14,16,18H,5,7,9,11-13H2,1-3H3;1H. The number of benzene rings is 1. The molecule has 1 saturated heterocycles. The van der Waals surface area contributed by atoms with Gasteiger partial charge in [-0.2, -0.15) is 0 Å². The highest BCUT2D eigenvalue weighted by molar-refractivity contribution is 5.85. The van der Waals surface area contributed by atoms with Crippen LogP contribution in [0.15, 0.2) is 24.3 Å². The summed E-state index contributed by atoms with van der Waals surface area (Å²) in [6.45, 7) is 8.73. The van der Waals surface area contributed by atoms with E-state index in [1.54, 1.807) is 0 Å². The lowest BCUT2D eigenvalue weighted by atomic mass is 9.97. The fourth-order valence-electron chi connectivity index (χ4n) is 3.00. The predicted octanol–water partition coefficient (Wildman–Crippen LogP) is 3.33. The van der Waals surface area contributed by atoms with Gasteiger partial charge in [0.15, 0.2) is 0 Å². The van der Waals surface area contributed by atoms with Crippen LogP contribution in [-0.2, 0) is 6.54 Å². The molecular formula is C17H29ClN2O. The summed E-state index contributed by atoms with van der Waals surface area (Å²) in [5, 5.41) is 3.31. The molecule has 0 spiro atoms. The predicted molar refractivity (Wildman–Crippen MR) is 91.4 cm³/mol. The highest BCUT2D eigenvalue weighted by Gasteiger charge is 2.19. The lowest BCUT2D eigenvalue weighted by Gasteiger charge is -2.32. The lowest BCUT2D eigenvalue weighted by molar-refractivity contribution is 0.166. The number of piperidine rings is 1. The van der Waals surface area contributed by atoms with Gasteiger partial charge in [-0.25, -0.2) is 0 Å². The summed E-state index contributed by atoms with van der Waals surface area (Å²) in [6, 6.07) is 8.53. The van der Waals surface area contributed by atoms with Crippen molar-refractivity contribution < 1.29 is 4.74 Å². The van der Waals surface area contributed by atoms with Crippen molar-refractivity contribution in [3.8, 4) is 5.75 Å². The average Bonchev–Trinajstić information content (AvgIpc) is 2.39. The first kappa shape index (κ1) is 18.3. The Hall–Kier alpha value is -0.770. The van der Waals surface area contributed by atoms with Crippen molar-refractivity contribution in [3.05, 3.63) is 29.8 Å². The highest BCUT2D eigenvalue weighted by Crippen LogP contribution is 2.20. The van der Waals surface area contributed by atoms with E-state index in [-0.39, 0.29) is 18.5 Å². The number of nitrogens with one attached hydrogen (secondary N) is 1. The first-order chi connectivity index (χ1) is 9.67.